The van der Waals surface area contributed by atoms with E-state index in [0.717, 1.165) is 31.6 Å². The molecule has 5 heteroatoms. The van der Waals surface area contributed by atoms with Crippen LogP contribution in [0.15, 0.2) is 12.4 Å². The minimum Gasteiger partial charge on any atom is -0.374 e. The highest BCUT2D eigenvalue weighted by Crippen LogP contribution is 2.41. The first-order valence-corrected chi connectivity index (χ1v) is 7.61. The summed E-state index contributed by atoms with van der Waals surface area (Å²) in [6, 6.07) is 0.380. The lowest BCUT2D eigenvalue weighted by molar-refractivity contribution is -0.0778. The van der Waals surface area contributed by atoms with Gasteiger partial charge in [0.25, 0.3) is 0 Å². The van der Waals surface area contributed by atoms with E-state index in [2.05, 4.69) is 5.10 Å². The molecule has 1 aromatic heterocycles. The number of rotatable bonds is 2. The lowest BCUT2D eigenvalue weighted by atomic mass is 9.90. The molecule has 1 spiro atoms. The largest absolute Gasteiger partial charge is 0.374 e. The fraction of sp³-hybridized carbons (Fsp3) is 0.692. The van der Waals surface area contributed by atoms with E-state index in [0.29, 0.717) is 11.6 Å². The average Bonchev–Trinajstić information content (AvgIpc) is 2.98. The van der Waals surface area contributed by atoms with Gasteiger partial charge in [-0.1, -0.05) is 0 Å². The van der Waals surface area contributed by atoms with Gasteiger partial charge >= 0.3 is 0 Å². The molecule has 3 rings (SSSR count). The van der Waals surface area contributed by atoms with Gasteiger partial charge in [0.2, 0.25) is 0 Å². The van der Waals surface area contributed by atoms with E-state index >= 15 is 0 Å². The predicted molar refractivity (Wildman–Crippen MR) is 71.1 cm³/mol. The van der Waals surface area contributed by atoms with Crippen LogP contribution in [-0.4, -0.2) is 39.3 Å². The quantitative estimate of drug-likeness (QED) is 0.771. The van der Waals surface area contributed by atoms with Crippen LogP contribution in [0.5, 0.6) is 0 Å². The maximum atomic E-state index is 11.3. The van der Waals surface area contributed by atoms with Gasteiger partial charge in [0.15, 0.2) is 5.78 Å². The van der Waals surface area contributed by atoms with Gasteiger partial charge in [0.05, 0.1) is 23.4 Å². The predicted octanol–water partition coefficient (Wildman–Crippen LogP) is 2.31. The van der Waals surface area contributed by atoms with Crippen molar-refractivity contribution in [3.63, 3.8) is 0 Å². The monoisotopic (exact) mass is 266 g/mol. The second kappa shape index (κ2) is 4.70. The Morgan fingerprint density at radius 3 is 3.22 bits per heavy atom. The third-order valence-electron chi connectivity index (χ3n) is 3.92. The Morgan fingerprint density at radius 2 is 2.56 bits per heavy atom. The van der Waals surface area contributed by atoms with Gasteiger partial charge in [0.1, 0.15) is 0 Å². The van der Waals surface area contributed by atoms with Crippen molar-refractivity contribution in [1.29, 1.82) is 0 Å². The van der Waals surface area contributed by atoms with Gasteiger partial charge < -0.3 is 4.74 Å². The normalized spacial score (nSPS) is 31.9. The molecule has 0 bridgehead atoms. The minimum absolute atomic E-state index is 0.0654. The maximum absolute atomic E-state index is 11.3. The molecule has 2 aliphatic rings. The number of ketones is 1. The zero-order chi connectivity index (χ0) is 12.6. The molecule has 0 N–H and O–H groups in total. The number of nitrogens with zero attached hydrogens (tertiary/aromatic N) is 2. The number of Topliss-reactive ketones (excluding diaryl/α,β-unsaturated/α-hetero) is 1. The molecule has 2 saturated heterocycles. The molecule has 2 fully saturated rings. The topological polar surface area (TPSA) is 44.1 Å². The van der Waals surface area contributed by atoms with Crippen molar-refractivity contribution < 1.29 is 9.53 Å². The van der Waals surface area contributed by atoms with E-state index in [1.165, 1.54) is 5.75 Å². The summed E-state index contributed by atoms with van der Waals surface area (Å²) >= 11 is 1.98. The molecule has 0 radical (unpaired) electrons. The zero-order valence-corrected chi connectivity index (χ0v) is 11.4. The highest BCUT2D eigenvalue weighted by molar-refractivity contribution is 7.99. The highest BCUT2D eigenvalue weighted by Gasteiger charge is 2.41. The standard InChI is InChI=1S/C13H18N2O2S/c1-10(16)11-7-14-15(8-11)12-2-4-17-13(6-12)3-5-18-9-13/h7-8,12H,2-6,9H2,1H3. The minimum atomic E-state index is 0.0654. The van der Waals surface area contributed by atoms with Crippen LogP contribution in [-0.2, 0) is 4.74 Å². The van der Waals surface area contributed by atoms with E-state index in [9.17, 15) is 4.79 Å². The highest BCUT2D eigenvalue weighted by atomic mass is 32.2. The van der Waals surface area contributed by atoms with Crippen molar-refractivity contribution in [1.82, 2.24) is 9.78 Å². The van der Waals surface area contributed by atoms with Crippen LogP contribution in [0.2, 0.25) is 0 Å². The molecule has 2 unspecified atom stereocenters. The summed E-state index contributed by atoms with van der Waals surface area (Å²) < 4.78 is 7.97. The first kappa shape index (κ1) is 12.2. The summed E-state index contributed by atoms with van der Waals surface area (Å²) in [4.78, 5) is 11.3. The van der Waals surface area contributed by atoms with Gasteiger partial charge in [-0.2, -0.15) is 16.9 Å². The fourth-order valence-corrected chi connectivity index (χ4v) is 4.19. The summed E-state index contributed by atoms with van der Waals surface area (Å²) in [5.41, 5.74) is 0.770. The van der Waals surface area contributed by atoms with Crippen LogP contribution in [0.3, 0.4) is 0 Å². The molecule has 2 atom stereocenters. The van der Waals surface area contributed by atoms with Gasteiger partial charge in [0, 0.05) is 18.6 Å². The summed E-state index contributed by atoms with van der Waals surface area (Å²) in [7, 11) is 0. The van der Waals surface area contributed by atoms with Crippen LogP contribution < -0.4 is 0 Å². The summed E-state index contributed by atoms with van der Waals surface area (Å²) in [5.74, 6) is 2.38. The Labute approximate surface area is 111 Å². The van der Waals surface area contributed by atoms with E-state index in [1.807, 2.05) is 22.6 Å². The molecule has 0 aromatic carbocycles. The molecular formula is C13H18N2O2S. The molecule has 1 aromatic rings. The number of hydrogen-bond donors (Lipinski definition) is 0. The van der Waals surface area contributed by atoms with Crippen LogP contribution >= 0.6 is 11.8 Å². The molecule has 4 nitrogen and oxygen atoms in total. The summed E-state index contributed by atoms with van der Waals surface area (Å²) in [6.45, 7) is 2.39. The summed E-state index contributed by atoms with van der Waals surface area (Å²) in [6.07, 6.45) is 6.72. The van der Waals surface area contributed by atoms with Crippen molar-refractivity contribution >= 4 is 17.5 Å². The lowest BCUT2D eigenvalue weighted by Crippen LogP contribution is -2.40. The van der Waals surface area contributed by atoms with Crippen molar-refractivity contribution in [2.45, 2.75) is 37.8 Å². The number of hydrogen-bond acceptors (Lipinski definition) is 4. The Balaban J connectivity index is 1.76. The van der Waals surface area contributed by atoms with Crippen molar-refractivity contribution in [3.8, 4) is 0 Å². The van der Waals surface area contributed by atoms with Crippen LogP contribution in [0, 0.1) is 0 Å². The van der Waals surface area contributed by atoms with E-state index in [4.69, 9.17) is 4.74 Å². The number of thioether (sulfide) groups is 1. The van der Waals surface area contributed by atoms with E-state index in [-0.39, 0.29) is 11.4 Å². The molecule has 98 valence electrons. The molecule has 0 saturated carbocycles. The Morgan fingerprint density at radius 1 is 1.67 bits per heavy atom. The van der Waals surface area contributed by atoms with Crippen LogP contribution in [0.4, 0.5) is 0 Å². The summed E-state index contributed by atoms with van der Waals surface area (Å²) in [5, 5.41) is 4.35. The van der Waals surface area contributed by atoms with Gasteiger partial charge in [-0.05, 0) is 31.9 Å². The zero-order valence-electron chi connectivity index (χ0n) is 10.6. The third kappa shape index (κ3) is 2.21. The van der Waals surface area contributed by atoms with Crippen LogP contribution in [0.1, 0.15) is 42.6 Å². The lowest BCUT2D eigenvalue weighted by Gasteiger charge is -2.37. The van der Waals surface area contributed by atoms with Gasteiger partial charge in [-0.15, -0.1) is 0 Å². The van der Waals surface area contributed by atoms with Gasteiger partial charge in [-0.25, -0.2) is 0 Å². The van der Waals surface area contributed by atoms with Crippen molar-refractivity contribution in [2.24, 2.45) is 0 Å². The van der Waals surface area contributed by atoms with E-state index < -0.39 is 0 Å². The molecule has 0 amide bonds. The number of carbonyl (C=O) groups excluding carboxylic acids is 1. The number of aromatic nitrogens is 2. The first-order chi connectivity index (χ1) is 8.69. The average molecular weight is 266 g/mol. The Hall–Kier alpha value is -0.810. The first-order valence-electron chi connectivity index (χ1n) is 6.45. The van der Waals surface area contributed by atoms with Crippen LogP contribution in [0.25, 0.3) is 0 Å². The Kier molecular flexibility index (Phi) is 3.20. The number of ether oxygens (including phenoxy) is 1. The third-order valence-corrected chi connectivity index (χ3v) is 5.14. The van der Waals surface area contributed by atoms with E-state index in [1.54, 1.807) is 13.1 Å². The second-order valence-electron chi connectivity index (χ2n) is 5.25. The maximum Gasteiger partial charge on any atom is 0.162 e. The SMILES string of the molecule is CC(=O)c1cnn(C2CCOC3(CCSC3)C2)c1. The fourth-order valence-electron chi connectivity index (χ4n) is 2.81. The molecule has 0 aliphatic carbocycles. The molecule has 3 heterocycles. The molecule has 2 aliphatic heterocycles. The van der Waals surface area contributed by atoms with Gasteiger partial charge in [-0.3, -0.25) is 9.48 Å². The van der Waals surface area contributed by atoms with Crippen molar-refractivity contribution in [2.75, 3.05) is 18.1 Å². The second-order valence-corrected chi connectivity index (χ2v) is 6.35. The smallest absolute Gasteiger partial charge is 0.162 e. The van der Waals surface area contributed by atoms with Crippen molar-refractivity contribution in [3.05, 3.63) is 18.0 Å². The molecular weight excluding hydrogens is 248 g/mol. The molecule has 18 heavy (non-hydrogen) atoms. The number of carbonyl (C=O) groups is 1. The Bertz CT molecular complexity index is 452.